The lowest BCUT2D eigenvalue weighted by Crippen LogP contribution is -2.52. The molecule has 27 heavy (non-hydrogen) atoms. The summed E-state index contributed by atoms with van der Waals surface area (Å²) in [5.74, 6) is -1.10. The fraction of sp³-hybridized carbons (Fsp3) is 0.364. The van der Waals surface area contributed by atoms with Gasteiger partial charge in [-0.2, -0.15) is 0 Å². The first-order valence-corrected chi connectivity index (χ1v) is 9.19. The second kappa shape index (κ2) is 7.92. The SMILES string of the molecule is CC(CNC(=O)C1(c2ccccc2)CCOCC1)(C(=O)O)c1ccccc1. The molecule has 142 valence electrons. The van der Waals surface area contributed by atoms with Gasteiger partial charge in [-0.05, 0) is 30.9 Å². The van der Waals surface area contributed by atoms with E-state index < -0.39 is 16.8 Å². The maximum Gasteiger partial charge on any atom is 0.315 e. The van der Waals surface area contributed by atoms with Crippen LogP contribution in [-0.4, -0.2) is 36.7 Å². The third kappa shape index (κ3) is 3.74. The van der Waals surface area contributed by atoms with Gasteiger partial charge in [0.15, 0.2) is 0 Å². The van der Waals surface area contributed by atoms with Gasteiger partial charge < -0.3 is 15.2 Å². The average Bonchev–Trinajstić information content (AvgIpc) is 2.73. The molecule has 2 N–H and O–H groups in total. The first kappa shape index (κ1) is 19.1. The predicted octanol–water partition coefficient (Wildman–Crippen LogP) is 2.89. The van der Waals surface area contributed by atoms with E-state index in [9.17, 15) is 14.7 Å². The van der Waals surface area contributed by atoms with Crippen LogP contribution in [-0.2, 0) is 25.2 Å². The Balaban J connectivity index is 1.85. The summed E-state index contributed by atoms with van der Waals surface area (Å²) in [7, 11) is 0. The van der Waals surface area contributed by atoms with E-state index in [4.69, 9.17) is 4.74 Å². The van der Waals surface area contributed by atoms with Crippen molar-refractivity contribution in [1.82, 2.24) is 5.32 Å². The highest BCUT2D eigenvalue weighted by Gasteiger charge is 2.43. The molecule has 1 saturated heterocycles. The molecule has 1 fully saturated rings. The summed E-state index contributed by atoms with van der Waals surface area (Å²) < 4.78 is 5.48. The molecule has 5 heteroatoms. The molecular formula is C22H25NO4. The van der Waals surface area contributed by atoms with Gasteiger partial charge in [0, 0.05) is 19.8 Å². The molecule has 0 radical (unpaired) electrons. The molecule has 2 aromatic carbocycles. The lowest BCUT2D eigenvalue weighted by Gasteiger charge is -2.37. The summed E-state index contributed by atoms with van der Waals surface area (Å²) in [5, 5.41) is 12.8. The molecule has 0 aliphatic carbocycles. The number of hydrogen-bond donors (Lipinski definition) is 2. The Bertz CT molecular complexity index is 784. The molecule has 1 heterocycles. The predicted molar refractivity (Wildman–Crippen MR) is 103 cm³/mol. The number of benzene rings is 2. The van der Waals surface area contributed by atoms with E-state index in [2.05, 4.69) is 5.32 Å². The average molecular weight is 367 g/mol. The van der Waals surface area contributed by atoms with Crippen LogP contribution in [0, 0.1) is 0 Å². The minimum atomic E-state index is -1.19. The summed E-state index contributed by atoms with van der Waals surface area (Å²) in [6, 6.07) is 18.7. The molecule has 5 nitrogen and oxygen atoms in total. The van der Waals surface area contributed by atoms with Crippen LogP contribution < -0.4 is 5.32 Å². The van der Waals surface area contributed by atoms with Crippen molar-refractivity contribution in [3.8, 4) is 0 Å². The van der Waals surface area contributed by atoms with Crippen molar-refractivity contribution in [2.24, 2.45) is 0 Å². The Morgan fingerprint density at radius 3 is 2.15 bits per heavy atom. The van der Waals surface area contributed by atoms with Crippen LogP contribution in [0.4, 0.5) is 0 Å². The van der Waals surface area contributed by atoms with Gasteiger partial charge in [0.2, 0.25) is 5.91 Å². The normalized spacial score (nSPS) is 18.3. The highest BCUT2D eigenvalue weighted by Crippen LogP contribution is 2.35. The van der Waals surface area contributed by atoms with E-state index in [1.54, 1.807) is 19.1 Å². The summed E-state index contributed by atoms with van der Waals surface area (Å²) in [5.41, 5.74) is -0.267. The van der Waals surface area contributed by atoms with Crippen molar-refractivity contribution in [3.05, 3.63) is 71.8 Å². The van der Waals surface area contributed by atoms with Gasteiger partial charge in [-0.1, -0.05) is 60.7 Å². The number of ether oxygens (including phenoxy) is 1. The van der Waals surface area contributed by atoms with Crippen LogP contribution in [0.25, 0.3) is 0 Å². The first-order chi connectivity index (χ1) is 13.0. The molecule has 0 bridgehead atoms. The molecule has 1 atom stereocenters. The highest BCUT2D eigenvalue weighted by molar-refractivity contribution is 5.89. The van der Waals surface area contributed by atoms with E-state index in [-0.39, 0.29) is 12.5 Å². The summed E-state index contributed by atoms with van der Waals surface area (Å²) in [6.07, 6.45) is 1.16. The molecule has 1 aliphatic rings. The maximum absolute atomic E-state index is 13.3. The van der Waals surface area contributed by atoms with Crippen LogP contribution in [0.1, 0.15) is 30.9 Å². The van der Waals surface area contributed by atoms with E-state index in [0.29, 0.717) is 31.6 Å². The van der Waals surface area contributed by atoms with Crippen LogP contribution in [0.2, 0.25) is 0 Å². The van der Waals surface area contributed by atoms with Gasteiger partial charge in [-0.15, -0.1) is 0 Å². The number of carboxylic acid groups (broad SMARTS) is 1. The van der Waals surface area contributed by atoms with Gasteiger partial charge >= 0.3 is 5.97 Å². The number of rotatable bonds is 6. The first-order valence-electron chi connectivity index (χ1n) is 9.19. The van der Waals surface area contributed by atoms with Crippen molar-refractivity contribution >= 4 is 11.9 Å². The minimum absolute atomic E-state index is 0.0284. The Morgan fingerprint density at radius 2 is 1.59 bits per heavy atom. The smallest absolute Gasteiger partial charge is 0.315 e. The number of carbonyl (C=O) groups excluding carboxylic acids is 1. The van der Waals surface area contributed by atoms with Gasteiger partial charge in [-0.25, -0.2) is 0 Å². The third-order valence-electron chi connectivity index (χ3n) is 5.59. The highest BCUT2D eigenvalue weighted by atomic mass is 16.5. The van der Waals surface area contributed by atoms with E-state index in [0.717, 1.165) is 5.56 Å². The van der Waals surface area contributed by atoms with Crippen molar-refractivity contribution in [2.45, 2.75) is 30.6 Å². The molecule has 1 aliphatic heterocycles. The maximum atomic E-state index is 13.3. The third-order valence-corrected chi connectivity index (χ3v) is 5.59. The molecular weight excluding hydrogens is 342 g/mol. The van der Waals surface area contributed by atoms with Gasteiger partial charge in [-0.3, -0.25) is 9.59 Å². The Labute approximate surface area is 159 Å². The van der Waals surface area contributed by atoms with E-state index in [1.807, 2.05) is 48.5 Å². The molecule has 1 unspecified atom stereocenters. The Kier molecular flexibility index (Phi) is 5.61. The van der Waals surface area contributed by atoms with Crippen molar-refractivity contribution in [2.75, 3.05) is 19.8 Å². The Hall–Kier alpha value is -2.66. The van der Waals surface area contributed by atoms with Gasteiger partial charge in [0.1, 0.15) is 5.41 Å². The largest absolute Gasteiger partial charge is 0.481 e. The summed E-state index contributed by atoms with van der Waals surface area (Å²) in [6.45, 7) is 2.69. The van der Waals surface area contributed by atoms with Crippen LogP contribution >= 0.6 is 0 Å². The van der Waals surface area contributed by atoms with Crippen LogP contribution in [0.5, 0.6) is 0 Å². The van der Waals surface area contributed by atoms with E-state index >= 15 is 0 Å². The monoisotopic (exact) mass is 367 g/mol. The summed E-state index contributed by atoms with van der Waals surface area (Å²) in [4.78, 5) is 25.3. The van der Waals surface area contributed by atoms with Gasteiger partial charge in [0.25, 0.3) is 0 Å². The number of aliphatic carboxylic acids is 1. The van der Waals surface area contributed by atoms with Crippen molar-refractivity contribution in [3.63, 3.8) is 0 Å². The lowest BCUT2D eigenvalue weighted by molar-refractivity contribution is -0.143. The number of carboxylic acids is 1. The lowest BCUT2D eigenvalue weighted by atomic mass is 9.73. The molecule has 2 aromatic rings. The van der Waals surface area contributed by atoms with Crippen LogP contribution in [0.3, 0.4) is 0 Å². The summed E-state index contributed by atoms with van der Waals surface area (Å²) >= 11 is 0. The number of hydrogen-bond acceptors (Lipinski definition) is 3. The minimum Gasteiger partial charge on any atom is -0.481 e. The number of amides is 1. The van der Waals surface area contributed by atoms with Crippen LogP contribution in [0.15, 0.2) is 60.7 Å². The topological polar surface area (TPSA) is 75.6 Å². The molecule has 1 amide bonds. The second-order valence-corrected chi connectivity index (χ2v) is 7.25. The molecule has 0 saturated carbocycles. The fourth-order valence-corrected chi connectivity index (χ4v) is 3.66. The zero-order valence-electron chi connectivity index (χ0n) is 15.5. The molecule has 3 rings (SSSR count). The van der Waals surface area contributed by atoms with Crippen molar-refractivity contribution in [1.29, 1.82) is 0 Å². The zero-order valence-corrected chi connectivity index (χ0v) is 15.5. The zero-order chi connectivity index (χ0) is 19.3. The van der Waals surface area contributed by atoms with Crippen molar-refractivity contribution < 1.29 is 19.4 Å². The standard InChI is InChI=1S/C22H25NO4/c1-21(20(25)26,17-8-4-2-5-9-17)16-23-19(24)22(12-14-27-15-13-22)18-10-6-3-7-11-18/h2-11H,12-16H2,1H3,(H,23,24)(H,25,26). The van der Waals surface area contributed by atoms with Gasteiger partial charge in [0.05, 0.1) is 5.41 Å². The number of carbonyl (C=O) groups is 2. The Morgan fingerprint density at radius 1 is 1.04 bits per heavy atom. The fourth-order valence-electron chi connectivity index (χ4n) is 3.66. The second-order valence-electron chi connectivity index (χ2n) is 7.25. The van der Waals surface area contributed by atoms with E-state index in [1.165, 1.54) is 0 Å². The molecule has 0 spiro atoms. The number of nitrogens with one attached hydrogen (secondary N) is 1. The molecule has 0 aromatic heterocycles. The quantitative estimate of drug-likeness (QED) is 0.823.